The van der Waals surface area contributed by atoms with Crippen LogP contribution < -0.4 is 5.32 Å². The number of nitrogens with one attached hydrogen (secondary N) is 1. The van der Waals surface area contributed by atoms with Gasteiger partial charge in [0.05, 0.1) is 5.56 Å². The average molecular weight is 407 g/mol. The summed E-state index contributed by atoms with van der Waals surface area (Å²) in [5.74, 6) is 0.556. The van der Waals surface area contributed by atoms with Crippen LogP contribution in [0.25, 0.3) is 0 Å². The predicted molar refractivity (Wildman–Crippen MR) is 100 cm³/mol. The van der Waals surface area contributed by atoms with Crippen molar-refractivity contribution in [3.05, 3.63) is 68.3 Å². The van der Waals surface area contributed by atoms with E-state index in [1.165, 1.54) is 16.7 Å². The van der Waals surface area contributed by atoms with Gasteiger partial charge >= 0.3 is 0 Å². The number of carbonyl (C=O) groups excluding carboxylic acids is 1. The van der Waals surface area contributed by atoms with Crippen molar-refractivity contribution in [3.63, 3.8) is 0 Å². The second kappa shape index (κ2) is 7.77. The first kappa shape index (κ1) is 17.0. The summed E-state index contributed by atoms with van der Waals surface area (Å²) in [6.07, 6.45) is 0.854. The molecular formula is C19H22INO. The Kier molecular flexibility index (Phi) is 6.00. The molecule has 2 aromatic carbocycles. The van der Waals surface area contributed by atoms with Gasteiger partial charge in [-0.25, -0.2) is 0 Å². The second-order valence-corrected chi connectivity index (χ2v) is 7.05. The predicted octanol–water partition coefficient (Wildman–Crippen LogP) is 4.70. The first-order valence-corrected chi connectivity index (χ1v) is 8.68. The van der Waals surface area contributed by atoms with Crippen molar-refractivity contribution in [1.82, 2.24) is 5.32 Å². The molecule has 2 aromatic rings. The van der Waals surface area contributed by atoms with E-state index in [-0.39, 0.29) is 5.91 Å². The monoisotopic (exact) mass is 407 g/mol. The second-order valence-electron chi connectivity index (χ2n) is 5.89. The molecule has 0 heterocycles. The van der Waals surface area contributed by atoms with Crippen LogP contribution in [0, 0.1) is 10.5 Å². The summed E-state index contributed by atoms with van der Waals surface area (Å²) in [4.78, 5) is 12.2. The minimum absolute atomic E-state index is 0.00296. The maximum atomic E-state index is 12.2. The Morgan fingerprint density at radius 2 is 1.82 bits per heavy atom. The van der Waals surface area contributed by atoms with E-state index >= 15 is 0 Å². The molecule has 2 rings (SSSR count). The number of benzene rings is 2. The lowest BCUT2D eigenvalue weighted by Crippen LogP contribution is -2.26. The molecule has 0 fully saturated rings. The fraction of sp³-hybridized carbons (Fsp3) is 0.316. The topological polar surface area (TPSA) is 29.1 Å². The summed E-state index contributed by atoms with van der Waals surface area (Å²) in [6, 6.07) is 14.5. The highest BCUT2D eigenvalue weighted by molar-refractivity contribution is 14.1. The SMILES string of the molecule is Cc1ccc(C(=O)NCCc2ccc(C(C)C)cc2)c(I)c1. The van der Waals surface area contributed by atoms with Crippen LogP contribution in [-0.4, -0.2) is 12.5 Å². The molecule has 0 aliphatic heterocycles. The lowest BCUT2D eigenvalue weighted by atomic mass is 10.0. The van der Waals surface area contributed by atoms with Crippen LogP contribution in [-0.2, 0) is 6.42 Å². The van der Waals surface area contributed by atoms with E-state index in [2.05, 4.69) is 66.0 Å². The molecule has 0 bridgehead atoms. The van der Waals surface area contributed by atoms with Crippen LogP contribution in [0.4, 0.5) is 0 Å². The summed E-state index contributed by atoms with van der Waals surface area (Å²) in [7, 11) is 0. The average Bonchev–Trinajstić information content (AvgIpc) is 2.47. The van der Waals surface area contributed by atoms with E-state index in [0.29, 0.717) is 12.5 Å². The van der Waals surface area contributed by atoms with Gasteiger partial charge < -0.3 is 5.32 Å². The standard InChI is InChI=1S/C19H22INO/c1-13(2)16-7-5-15(6-8-16)10-11-21-19(22)17-9-4-14(3)12-18(17)20/h4-9,12-13H,10-11H2,1-3H3,(H,21,22). The number of hydrogen-bond donors (Lipinski definition) is 1. The van der Waals surface area contributed by atoms with Crippen molar-refractivity contribution in [1.29, 1.82) is 0 Å². The van der Waals surface area contributed by atoms with E-state index in [4.69, 9.17) is 0 Å². The van der Waals surface area contributed by atoms with E-state index in [1.54, 1.807) is 0 Å². The zero-order chi connectivity index (χ0) is 16.1. The molecule has 1 N–H and O–H groups in total. The Balaban J connectivity index is 1.89. The van der Waals surface area contributed by atoms with Gasteiger partial charge in [-0.1, -0.05) is 49.7 Å². The zero-order valence-electron chi connectivity index (χ0n) is 13.3. The van der Waals surface area contributed by atoms with Gasteiger partial charge in [0.15, 0.2) is 0 Å². The van der Waals surface area contributed by atoms with Gasteiger partial charge in [0.2, 0.25) is 0 Å². The number of carbonyl (C=O) groups is 1. The van der Waals surface area contributed by atoms with E-state index in [1.807, 2.05) is 25.1 Å². The maximum Gasteiger partial charge on any atom is 0.252 e. The summed E-state index contributed by atoms with van der Waals surface area (Å²) in [5, 5.41) is 3.00. The van der Waals surface area contributed by atoms with Crippen LogP contribution in [0.5, 0.6) is 0 Å². The molecule has 0 saturated heterocycles. The van der Waals surface area contributed by atoms with Gasteiger partial charge in [-0.05, 0) is 65.1 Å². The molecule has 22 heavy (non-hydrogen) atoms. The normalized spacial score (nSPS) is 10.8. The summed E-state index contributed by atoms with van der Waals surface area (Å²) in [6.45, 7) is 7.07. The first-order valence-electron chi connectivity index (χ1n) is 7.60. The van der Waals surface area contributed by atoms with Crippen molar-refractivity contribution < 1.29 is 4.79 Å². The molecule has 116 valence electrons. The molecule has 0 spiro atoms. The zero-order valence-corrected chi connectivity index (χ0v) is 15.5. The third-order valence-corrected chi connectivity index (χ3v) is 4.61. The van der Waals surface area contributed by atoms with Crippen molar-refractivity contribution in [2.75, 3.05) is 6.54 Å². The van der Waals surface area contributed by atoms with Crippen LogP contribution in [0.3, 0.4) is 0 Å². The van der Waals surface area contributed by atoms with Crippen LogP contribution in [0.15, 0.2) is 42.5 Å². The number of rotatable bonds is 5. The van der Waals surface area contributed by atoms with Gasteiger partial charge in [-0.2, -0.15) is 0 Å². The minimum Gasteiger partial charge on any atom is -0.352 e. The largest absolute Gasteiger partial charge is 0.352 e. The van der Waals surface area contributed by atoms with Crippen molar-refractivity contribution in [2.24, 2.45) is 0 Å². The number of aryl methyl sites for hydroxylation is 1. The molecule has 0 saturated carbocycles. The van der Waals surface area contributed by atoms with E-state index in [9.17, 15) is 4.79 Å². The Morgan fingerprint density at radius 3 is 2.41 bits per heavy atom. The smallest absolute Gasteiger partial charge is 0.252 e. The molecule has 1 amide bonds. The maximum absolute atomic E-state index is 12.2. The Labute approximate surface area is 146 Å². The molecule has 3 heteroatoms. The highest BCUT2D eigenvalue weighted by Gasteiger charge is 2.09. The molecule has 0 atom stereocenters. The third-order valence-electron chi connectivity index (χ3n) is 3.71. The molecular weight excluding hydrogens is 385 g/mol. The Hall–Kier alpha value is -1.36. The van der Waals surface area contributed by atoms with Crippen LogP contribution >= 0.6 is 22.6 Å². The van der Waals surface area contributed by atoms with Gasteiger partial charge in [-0.15, -0.1) is 0 Å². The summed E-state index contributed by atoms with van der Waals surface area (Å²) < 4.78 is 0.997. The molecule has 0 aliphatic carbocycles. The van der Waals surface area contributed by atoms with Gasteiger partial charge in [0.25, 0.3) is 5.91 Å². The quantitative estimate of drug-likeness (QED) is 0.716. The van der Waals surface area contributed by atoms with Crippen molar-refractivity contribution in [2.45, 2.75) is 33.1 Å². The highest BCUT2D eigenvalue weighted by atomic mass is 127. The van der Waals surface area contributed by atoms with Crippen LogP contribution in [0.2, 0.25) is 0 Å². The first-order chi connectivity index (χ1) is 10.5. The fourth-order valence-corrected chi connectivity index (χ4v) is 3.21. The van der Waals surface area contributed by atoms with Crippen molar-refractivity contribution >= 4 is 28.5 Å². The molecule has 0 radical (unpaired) electrons. The van der Waals surface area contributed by atoms with Gasteiger partial charge in [-0.3, -0.25) is 4.79 Å². The molecule has 2 nitrogen and oxygen atoms in total. The molecule has 0 aromatic heterocycles. The number of hydrogen-bond acceptors (Lipinski definition) is 1. The summed E-state index contributed by atoms with van der Waals surface area (Å²) >= 11 is 2.21. The van der Waals surface area contributed by atoms with Crippen molar-refractivity contribution in [3.8, 4) is 0 Å². The van der Waals surface area contributed by atoms with Crippen LogP contribution in [0.1, 0.15) is 46.8 Å². The molecule has 0 aliphatic rings. The van der Waals surface area contributed by atoms with E-state index in [0.717, 1.165) is 15.6 Å². The molecule has 0 unspecified atom stereocenters. The lowest BCUT2D eigenvalue weighted by Gasteiger charge is -2.09. The van der Waals surface area contributed by atoms with Gasteiger partial charge in [0, 0.05) is 10.1 Å². The third kappa shape index (κ3) is 4.57. The summed E-state index contributed by atoms with van der Waals surface area (Å²) in [5.41, 5.74) is 4.53. The Morgan fingerprint density at radius 1 is 1.14 bits per heavy atom. The highest BCUT2D eigenvalue weighted by Crippen LogP contribution is 2.15. The Bertz CT molecular complexity index is 647. The minimum atomic E-state index is 0.00296. The lowest BCUT2D eigenvalue weighted by molar-refractivity contribution is 0.0953. The van der Waals surface area contributed by atoms with Gasteiger partial charge in [0.1, 0.15) is 0 Å². The number of amides is 1. The number of halogens is 1. The fourth-order valence-electron chi connectivity index (χ4n) is 2.29. The van der Waals surface area contributed by atoms with E-state index < -0.39 is 0 Å².